The second kappa shape index (κ2) is 9.70. The van der Waals surface area contributed by atoms with Crippen LogP contribution in [0, 0.1) is 17.8 Å². The molecule has 40 heavy (non-hydrogen) atoms. The number of ketones is 2. The lowest BCUT2D eigenvalue weighted by atomic mass is 9.54. The molecule has 2 amide bonds. The van der Waals surface area contributed by atoms with E-state index in [1.807, 2.05) is 0 Å². The normalized spacial score (nSPS) is 30.7. The number of carbonyl (C=O) groups is 4. The summed E-state index contributed by atoms with van der Waals surface area (Å²) in [7, 11) is 2.87. The van der Waals surface area contributed by atoms with Crippen molar-refractivity contribution in [3.05, 3.63) is 40.2 Å². The molecule has 0 spiro atoms. The number of aliphatic hydroxyl groups excluding tert-OH is 3. The molecule has 7 atom stereocenters. The number of phenols is 1. The van der Waals surface area contributed by atoms with Gasteiger partial charge in [0.25, 0.3) is 5.91 Å². The molecular formula is C27H34N4O9. The number of likely N-dealkylation sites (N-methyl/N-ethyl adjacent to an activating group) is 1. The van der Waals surface area contributed by atoms with Crippen molar-refractivity contribution < 1.29 is 44.7 Å². The number of hydrogen-bond donors (Lipinski definition) is 8. The van der Waals surface area contributed by atoms with Gasteiger partial charge in [-0.1, -0.05) is 26.8 Å². The van der Waals surface area contributed by atoms with Gasteiger partial charge in [0.05, 0.1) is 35.4 Å². The van der Waals surface area contributed by atoms with Crippen molar-refractivity contribution in [1.29, 1.82) is 0 Å². The molecule has 0 aromatic heterocycles. The first-order valence-corrected chi connectivity index (χ1v) is 12.7. The van der Waals surface area contributed by atoms with Crippen molar-refractivity contribution in [3.63, 3.8) is 0 Å². The average Bonchev–Trinajstić information content (AvgIpc) is 2.86. The van der Waals surface area contributed by atoms with Gasteiger partial charge in [0.1, 0.15) is 22.8 Å². The van der Waals surface area contributed by atoms with E-state index in [9.17, 15) is 44.7 Å². The first-order valence-electron chi connectivity index (χ1n) is 12.7. The zero-order chi connectivity index (χ0) is 30.2. The SMILES string of the molecule is CC(C)[C@H](N)C(=O)Nc1ccc2c(c1O)C(O)=C1C(=O)[C@]3(O)C(O)=C(C(N)=O)C(=O)[C@@H](N(C)C)[C@@H]3[C@@H](O)C1[C@H]2C. The van der Waals surface area contributed by atoms with E-state index in [-0.39, 0.29) is 17.2 Å². The number of nitrogens with zero attached hydrogens (tertiary/aromatic N) is 1. The largest absolute Gasteiger partial charge is 0.508 e. The lowest BCUT2D eigenvalue weighted by Crippen LogP contribution is -2.70. The number of amides is 2. The number of carbonyl (C=O) groups excluding carboxylic acids is 4. The lowest BCUT2D eigenvalue weighted by molar-refractivity contribution is -0.169. The van der Waals surface area contributed by atoms with Crippen LogP contribution in [0.4, 0.5) is 5.69 Å². The summed E-state index contributed by atoms with van der Waals surface area (Å²) in [6.45, 7) is 5.09. The van der Waals surface area contributed by atoms with Gasteiger partial charge in [-0.2, -0.15) is 0 Å². The van der Waals surface area contributed by atoms with Crippen LogP contribution in [-0.2, 0) is 19.2 Å². The number of nitrogens with two attached hydrogens (primary N) is 2. The number of benzene rings is 1. The molecule has 1 aromatic carbocycles. The Kier molecular flexibility index (Phi) is 7.08. The second-order valence-electron chi connectivity index (χ2n) is 11.2. The monoisotopic (exact) mass is 558 g/mol. The fourth-order valence-electron chi connectivity index (χ4n) is 6.24. The molecule has 13 nitrogen and oxygen atoms in total. The summed E-state index contributed by atoms with van der Waals surface area (Å²) in [5, 5.41) is 59.2. The summed E-state index contributed by atoms with van der Waals surface area (Å²) in [6, 6.07) is 0.552. The Bertz CT molecular complexity index is 1400. The fraction of sp³-hybridized carbons (Fsp3) is 0.481. The Morgan fingerprint density at radius 1 is 1.12 bits per heavy atom. The fourth-order valence-corrected chi connectivity index (χ4v) is 6.24. The molecule has 10 N–H and O–H groups in total. The molecule has 1 unspecified atom stereocenters. The number of fused-ring (bicyclic) bond motifs is 3. The second-order valence-corrected chi connectivity index (χ2v) is 11.2. The third-order valence-electron chi connectivity index (χ3n) is 8.41. The van der Waals surface area contributed by atoms with E-state index < -0.39 is 93.3 Å². The number of phenolic OH excluding ortho intramolecular Hbond substituents is 1. The molecule has 1 fully saturated rings. The average molecular weight is 559 g/mol. The van der Waals surface area contributed by atoms with E-state index >= 15 is 0 Å². The Balaban J connectivity index is 1.95. The van der Waals surface area contributed by atoms with Crippen LogP contribution in [0.3, 0.4) is 0 Å². The van der Waals surface area contributed by atoms with E-state index in [1.54, 1.807) is 20.8 Å². The molecule has 1 saturated carbocycles. The standard InChI is InChI=1S/C27H34N4O9/c1-8(2)17(28)26(39)30-11-7-6-10-9(3)12-14(20(33)13(10)19(11)32)23(36)27(40)16(21(12)34)18(31(4)5)22(35)15(24(27)37)25(29)38/h6-9,12,16-18,21,32-34,37,40H,28H2,1-5H3,(H2,29,38)(H,30,39)/t9-,12?,16+,17-,18-,21-,27-/m0/s1. The molecule has 3 aliphatic carbocycles. The molecular weight excluding hydrogens is 524 g/mol. The van der Waals surface area contributed by atoms with Gasteiger partial charge in [-0.3, -0.25) is 24.1 Å². The maximum absolute atomic E-state index is 14.0. The van der Waals surface area contributed by atoms with Crippen molar-refractivity contribution in [2.24, 2.45) is 29.2 Å². The topological polar surface area (TPSA) is 237 Å². The minimum atomic E-state index is -3.00. The smallest absolute Gasteiger partial charge is 0.255 e. The van der Waals surface area contributed by atoms with Gasteiger partial charge in [0.2, 0.25) is 11.7 Å². The highest BCUT2D eigenvalue weighted by Crippen LogP contribution is 2.56. The summed E-state index contributed by atoms with van der Waals surface area (Å²) in [4.78, 5) is 53.1. The highest BCUT2D eigenvalue weighted by atomic mass is 16.4. The molecule has 0 bridgehead atoms. The van der Waals surface area contributed by atoms with Gasteiger partial charge in [-0.05, 0) is 37.6 Å². The molecule has 13 heteroatoms. The van der Waals surface area contributed by atoms with Gasteiger partial charge < -0.3 is 42.3 Å². The molecule has 4 rings (SSSR count). The van der Waals surface area contributed by atoms with Crippen LogP contribution >= 0.6 is 0 Å². The van der Waals surface area contributed by atoms with Crippen molar-refractivity contribution >= 4 is 34.8 Å². The number of aliphatic hydroxyl groups is 4. The summed E-state index contributed by atoms with van der Waals surface area (Å²) < 4.78 is 0. The number of primary amides is 1. The zero-order valence-electron chi connectivity index (χ0n) is 22.7. The van der Waals surface area contributed by atoms with Gasteiger partial charge in [0, 0.05) is 11.5 Å². The van der Waals surface area contributed by atoms with Crippen molar-refractivity contribution in [3.8, 4) is 5.75 Å². The van der Waals surface area contributed by atoms with Crippen LogP contribution in [0.5, 0.6) is 5.75 Å². The summed E-state index contributed by atoms with van der Waals surface area (Å²) in [6.07, 6.45) is -1.69. The van der Waals surface area contributed by atoms with Crippen LogP contribution in [0.25, 0.3) is 5.76 Å². The first-order chi connectivity index (χ1) is 18.5. The Morgan fingerprint density at radius 2 is 1.73 bits per heavy atom. The van der Waals surface area contributed by atoms with Crippen LogP contribution in [0.1, 0.15) is 37.8 Å². The van der Waals surface area contributed by atoms with Crippen LogP contribution in [-0.4, -0.2) is 91.7 Å². The van der Waals surface area contributed by atoms with Crippen LogP contribution in [0.2, 0.25) is 0 Å². The summed E-state index contributed by atoms with van der Waals surface area (Å²) in [5.74, 6) is -10.7. The zero-order valence-corrected chi connectivity index (χ0v) is 22.7. The molecule has 0 aliphatic heterocycles. The number of nitrogens with one attached hydrogen (secondary N) is 1. The van der Waals surface area contributed by atoms with Gasteiger partial charge >= 0.3 is 0 Å². The number of anilines is 1. The minimum absolute atomic E-state index is 0.104. The highest BCUT2D eigenvalue weighted by Gasteiger charge is 2.68. The minimum Gasteiger partial charge on any atom is -0.508 e. The Morgan fingerprint density at radius 3 is 2.25 bits per heavy atom. The quantitative estimate of drug-likeness (QED) is 0.168. The number of rotatable bonds is 5. The molecule has 0 heterocycles. The molecule has 1 aromatic rings. The maximum Gasteiger partial charge on any atom is 0.255 e. The van der Waals surface area contributed by atoms with Crippen molar-refractivity contribution in [2.75, 3.05) is 19.4 Å². The van der Waals surface area contributed by atoms with E-state index in [0.717, 1.165) is 0 Å². The van der Waals surface area contributed by atoms with Crippen LogP contribution < -0.4 is 16.8 Å². The summed E-state index contributed by atoms with van der Waals surface area (Å²) in [5.41, 5.74) is 6.66. The first kappa shape index (κ1) is 29.2. The maximum atomic E-state index is 14.0. The number of hydrogen-bond acceptors (Lipinski definition) is 11. The summed E-state index contributed by atoms with van der Waals surface area (Å²) >= 11 is 0. The highest BCUT2D eigenvalue weighted by molar-refractivity contribution is 6.24. The number of Topliss-reactive ketones (excluding diaryl/α,β-unsaturated/α-hetero) is 2. The lowest BCUT2D eigenvalue weighted by Gasteiger charge is -2.53. The predicted octanol–water partition coefficient (Wildman–Crippen LogP) is -0.582. The van der Waals surface area contributed by atoms with E-state index in [2.05, 4.69) is 5.32 Å². The Hall–Kier alpha value is -3.78. The van der Waals surface area contributed by atoms with Crippen molar-refractivity contribution in [1.82, 2.24) is 4.90 Å². The van der Waals surface area contributed by atoms with Crippen molar-refractivity contribution in [2.45, 2.75) is 50.5 Å². The van der Waals surface area contributed by atoms with Gasteiger partial charge in [-0.15, -0.1) is 0 Å². The predicted molar refractivity (Wildman–Crippen MR) is 142 cm³/mol. The van der Waals surface area contributed by atoms with E-state index in [1.165, 1.54) is 31.1 Å². The molecule has 216 valence electrons. The third kappa shape index (κ3) is 3.84. The third-order valence-corrected chi connectivity index (χ3v) is 8.41. The van der Waals surface area contributed by atoms with Gasteiger partial charge in [0.15, 0.2) is 11.4 Å². The van der Waals surface area contributed by atoms with Crippen LogP contribution in [0.15, 0.2) is 29.0 Å². The van der Waals surface area contributed by atoms with E-state index in [0.29, 0.717) is 5.56 Å². The Labute approximate surface area is 229 Å². The van der Waals surface area contributed by atoms with Gasteiger partial charge in [-0.25, -0.2) is 0 Å². The number of aromatic hydroxyl groups is 1. The molecule has 3 aliphatic rings. The van der Waals surface area contributed by atoms with E-state index in [4.69, 9.17) is 11.5 Å². The molecule has 0 saturated heterocycles. The molecule has 0 radical (unpaired) electrons.